The third-order valence-corrected chi connectivity index (χ3v) is 4.60. The van der Waals surface area contributed by atoms with E-state index in [9.17, 15) is 14.7 Å². The fourth-order valence-electron chi connectivity index (χ4n) is 3.18. The predicted molar refractivity (Wildman–Crippen MR) is 90.6 cm³/mol. The number of rotatable bonds is 8. The quantitative estimate of drug-likeness (QED) is 0.590. The molecule has 6 heteroatoms. The average molecular weight is 323 g/mol. The third-order valence-electron chi connectivity index (χ3n) is 4.60. The highest BCUT2D eigenvalue weighted by Gasteiger charge is 2.28. The lowest BCUT2D eigenvalue weighted by molar-refractivity contribution is 0.0311. The first-order valence-corrected chi connectivity index (χ1v) is 8.82. The smallest absolute Gasteiger partial charge is 0.349 e. The van der Waals surface area contributed by atoms with Crippen LogP contribution in [0.4, 0.5) is 0 Å². The van der Waals surface area contributed by atoms with Gasteiger partial charge < -0.3 is 5.11 Å². The van der Waals surface area contributed by atoms with E-state index in [0.29, 0.717) is 12.8 Å². The van der Waals surface area contributed by atoms with Gasteiger partial charge in [0.2, 0.25) is 0 Å². The molecule has 0 amide bonds. The van der Waals surface area contributed by atoms with Crippen LogP contribution in [0.15, 0.2) is 21.7 Å². The van der Waals surface area contributed by atoms with Crippen LogP contribution >= 0.6 is 0 Å². The van der Waals surface area contributed by atoms with Crippen LogP contribution < -0.4 is 11.4 Å². The summed E-state index contributed by atoms with van der Waals surface area (Å²) in [4.78, 5) is 24.2. The number of nitrogens with zero attached hydrogens (tertiary/aromatic N) is 3. The Labute approximate surface area is 137 Å². The van der Waals surface area contributed by atoms with Crippen LogP contribution in [0.2, 0.25) is 0 Å². The minimum absolute atomic E-state index is 0.139. The SMILES string of the molecule is CCCCCCCC/C=C/C1CCC(O)n2c(=O)n(C)c(=O)n21. The number of aromatic nitrogens is 3. The maximum absolute atomic E-state index is 12.2. The number of hydrogen-bond acceptors (Lipinski definition) is 3. The van der Waals surface area contributed by atoms with Crippen LogP contribution in [0.3, 0.4) is 0 Å². The normalized spacial score (nSPS) is 21.0. The van der Waals surface area contributed by atoms with Crippen LogP contribution in [0.5, 0.6) is 0 Å². The number of unbranched alkanes of at least 4 members (excludes halogenated alkanes) is 6. The molecule has 0 fully saturated rings. The molecule has 0 radical (unpaired) electrons. The first kappa shape index (κ1) is 17.8. The summed E-state index contributed by atoms with van der Waals surface area (Å²) in [5.41, 5.74) is -0.806. The summed E-state index contributed by atoms with van der Waals surface area (Å²) in [6.07, 6.45) is 13.0. The van der Waals surface area contributed by atoms with Gasteiger partial charge in [0.1, 0.15) is 0 Å². The van der Waals surface area contributed by atoms with Crippen molar-refractivity contribution in [1.29, 1.82) is 0 Å². The molecule has 0 saturated heterocycles. The standard InChI is InChI=1S/C17H29N3O3/c1-3-4-5-6-7-8-9-10-11-14-12-13-15(21)20-17(23)18(2)16(22)19(14)20/h10-11,14-15,21H,3-9,12-13H2,1-2H3/b11-10+. The van der Waals surface area contributed by atoms with E-state index >= 15 is 0 Å². The van der Waals surface area contributed by atoms with E-state index in [1.165, 1.54) is 48.5 Å². The van der Waals surface area contributed by atoms with Crippen molar-refractivity contribution < 1.29 is 5.11 Å². The molecule has 2 unspecified atom stereocenters. The van der Waals surface area contributed by atoms with Crippen molar-refractivity contribution in [3.05, 3.63) is 33.1 Å². The second kappa shape index (κ2) is 8.34. The van der Waals surface area contributed by atoms with Gasteiger partial charge in [-0.15, -0.1) is 0 Å². The van der Waals surface area contributed by atoms with Crippen molar-refractivity contribution in [2.24, 2.45) is 7.05 Å². The van der Waals surface area contributed by atoms with Crippen molar-refractivity contribution in [3.8, 4) is 0 Å². The number of aliphatic hydroxyl groups is 1. The Morgan fingerprint density at radius 3 is 2.43 bits per heavy atom. The van der Waals surface area contributed by atoms with Crippen molar-refractivity contribution >= 4 is 0 Å². The van der Waals surface area contributed by atoms with Gasteiger partial charge in [0.15, 0.2) is 6.23 Å². The topological polar surface area (TPSA) is 69.2 Å². The molecule has 0 aromatic carbocycles. The van der Waals surface area contributed by atoms with E-state index in [0.717, 1.165) is 17.4 Å². The summed E-state index contributed by atoms with van der Waals surface area (Å²) < 4.78 is 3.64. The zero-order valence-electron chi connectivity index (χ0n) is 14.3. The van der Waals surface area contributed by atoms with Gasteiger partial charge in [0, 0.05) is 7.05 Å². The second-order valence-electron chi connectivity index (χ2n) is 6.42. The lowest BCUT2D eigenvalue weighted by atomic mass is 10.1. The van der Waals surface area contributed by atoms with Crippen molar-refractivity contribution in [2.75, 3.05) is 0 Å². The van der Waals surface area contributed by atoms with E-state index in [2.05, 4.69) is 13.0 Å². The van der Waals surface area contributed by atoms with Crippen LogP contribution in [0.25, 0.3) is 0 Å². The fraction of sp³-hybridized carbons (Fsp3) is 0.765. The maximum Gasteiger partial charge on any atom is 0.349 e. The van der Waals surface area contributed by atoms with Crippen LogP contribution in [-0.2, 0) is 7.05 Å². The van der Waals surface area contributed by atoms with Gasteiger partial charge in [-0.2, -0.15) is 0 Å². The van der Waals surface area contributed by atoms with Crippen LogP contribution in [-0.4, -0.2) is 19.0 Å². The van der Waals surface area contributed by atoms with Gasteiger partial charge >= 0.3 is 11.4 Å². The lowest BCUT2D eigenvalue weighted by Gasteiger charge is -2.26. The summed E-state index contributed by atoms with van der Waals surface area (Å²) in [7, 11) is 1.45. The zero-order valence-corrected chi connectivity index (χ0v) is 14.3. The van der Waals surface area contributed by atoms with Crippen LogP contribution in [0.1, 0.15) is 77.0 Å². The highest BCUT2D eigenvalue weighted by Crippen LogP contribution is 2.24. The van der Waals surface area contributed by atoms with E-state index < -0.39 is 11.9 Å². The molecule has 1 aromatic rings. The first-order chi connectivity index (χ1) is 11.1. The Morgan fingerprint density at radius 2 is 1.70 bits per heavy atom. The molecule has 130 valence electrons. The lowest BCUT2D eigenvalue weighted by Crippen LogP contribution is -2.37. The summed E-state index contributed by atoms with van der Waals surface area (Å²) in [6, 6.07) is -0.139. The highest BCUT2D eigenvalue weighted by molar-refractivity contribution is 4.96. The van der Waals surface area contributed by atoms with Gasteiger partial charge in [-0.3, -0.25) is 0 Å². The minimum Gasteiger partial charge on any atom is -0.372 e. The Bertz CT molecular complexity index is 638. The summed E-state index contributed by atoms with van der Waals surface area (Å²) >= 11 is 0. The van der Waals surface area contributed by atoms with Gasteiger partial charge in [-0.1, -0.05) is 51.2 Å². The van der Waals surface area contributed by atoms with Gasteiger partial charge in [0.25, 0.3) is 0 Å². The molecule has 2 atom stereocenters. The van der Waals surface area contributed by atoms with Gasteiger partial charge in [-0.05, 0) is 25.7 Å². The molecule has 2 rings (SSSR count). The molecule has 0 saturated carbocycles. The number of hydrogen-bond donors (Lipinski definition) is 1. The fourth-order valence-corrected chi connectivity index (χ4v) is 3.18. The minimum atomic E-state index is -0.903. The molecule has 0 aliphatic carbocycles. The summed E-state index contributed by atoms with van der Waals surface area (Å²) in [5.74, 6) is 0. The average Bonchev–Trinajstić information content (AvgIpc) is 2.77. The summed E-state index contributed by atoms with van der Waals surface area (Å²) in [6.45, 7) is 2.22. The largest absolute Gasteiger partial charge is 0.372 e. The van der Waals surface area contributed by atoms with Crippen LogP contribution in [0, 0.1) is 0 Å². The zero-order chi connectivity index (χ0) is 16.8. The van der Waals surface area contributed by atoms with Gasteiger partial charge in [0.05, 0.1) is 6.04 Å². The van der Waals surface area contributed by atoms with Crippen molar-refractivity contribution in [1.82, 2.24) is 13.9 Å². The monoisotopic (exact) mass is 323 g/mol. The molecule has 23 heavy (non-hydrogen) atoms. The Kier molecular flexibility index (Phi) is 6.45. The van der Waals surface area contributed by atoms with E-state index in [-0.39, 0.29) is 11.7 Å². The van der Waals surface area contributed by atoms with Crippen molar-refractivity contribution in [3.63, 3.8) is 0 Å². The number of aliphatic hydroxyl groups excluding tert-OH is 1. The molecule has 6 nitrogen and oxygen atoms in total. The molecule has 1 N–H and O–H groups in total. The van der Waals surface area contributed by atoms with Gasteiger partial charge in [-0.25, -0.2) is 23.5 Å². The highest BCUT2D eigenvalue weighted by atomic mass is 16.3. The summed E-state index contributed by atoms with van der Waals surface area (Å²) in [5, 5.41) is 9.98. The molecule has 0 spiro atoms. The molecule has 1 aliphatic heterocycles. The maximum atomic E-state index is 12.2. The number of fused-ring (bicyclic) bond motifs is 1. The Balaban J connectivity index is 1.94. The molecular formula is C17H29N3O3. The number of allylic oxidation sites excluding steroid dienone is 2. The third kappa shape index (κ3) is 4.05. The van der Waals surface area contributed by atoms with Crippen molar-refractivity contribution in [2.45, 2.75) is 77.0 Å². The molecule has 1 aromatic heterocycles. The predicted octanol–water partition coefficient (Wildman–Crippen LogP) is 2.48. The molecular weight excluding hydrogens is 294 g/mol. The van der Waals surface area contributed by atoms with E-state index in [1.807, 2.05) is 6.08 Å². The molecule has 2 heterocycles. The van der Waals surface area contributed by atoms with E-state index in [1.54, 1.807) is 0 Å². The Hall–Kier alpha value is -1.56. The molecule has 1 aliphatic rings. The molecule has 0 bridgehead atoms. The van der Waals surface area contributed by atoms with E-state index in [4.69, 9.17) is 0 Å². The first-order valence-electron chi connectivity index (χ1n) is 8.82. The second-order valence-corrected chi connectivity index (χ2v) is 6.42. The Morgan fingerprint density at radius 1 is 1.04 bits per heavy atom.